The van der Waals surface area contributed by atoms with E-state index < -0.39 is 23.2 Å². The summed E-state index contributed by atoms with van der Waals surface area (Å²) in [5, 5.41) is 9.43. The fourth-order valence-electron chi connectivity index (χ4n) is 1.38. The predicted octanol–water partition coefficient (Wildman–Crippen LogP) is 2.61. The molecule has 0 radical (unpaired) electrons. The summed E-state index contributed by atoms with van der Waals surface area (Å²) in [6.07, 6.45) is -5.01. The summed E-state index contributed by atoms with van der Waals surface area (Å²) in [6, 6.07) is 1.50. The summed E-state index contributed by atoms with van der Waals surface area (Å²) in [4.78, 5) is 0. The molecule has 18 heavy (non-hydrogen) atoms. The highest BCUT2D eigenvalue weighted by Gasteiger charge is 2.52. The first kappa shape index (κ1) is 14.6. The van der Waals surface area contributed by atoms with E-state index in [0.717, 1.165) is 12.1 Å². The molecule has 0 heterocycles. The summed E-state index contributed by atoms with van der Waals surface area (Å²) in [6.45, 7) is 0.470. The normalized spacial score (nSPS) is 15.1. The Morgan fingerprint density at radius 3 is 1.89 bits per heavy atom. The molecule has 0 saturated heterocycles. The van der Waals surface area contributed by atoms with Crippen molar-refractivity contribution in [2.24, 2.45) is 0 Å². The van der Waals surface area contributed by atoms with Gasteiger partial charge in [-0.15, -0.1) is 0 Å². The molecule has 1 aromatic rings. The third-order valence-electron chi connectivity index (χ3n) is 2.55. The second kappa shape index (κ2) is 4.64. The molecule has 0 aliphatic carbocycles. The van der Waals surface area contributed by atoms with Crippen LogP contribution in [0.3, 0.4) is 0 Å². The molecular weight excluding hydrogens is 256 g/mol. The summed E-state index contributed by atoms with van der Waals surface area (Å²) >= 11 is 0. The Bertz CT molecular complexity index is 441. The van der Waals surface area contributed by atoms with Gasteiger partial charge < -0.3 is 14.6 Å². The van der Waals surface area contributed by atoms with Gasteiger partial charge in [0.2, 0.25) is 0 Å². The van der Waals surface area contributed by atoms with Crippen LogP contribution >= 0.6 is 0 Å². The van der Waals surface area contributed by atoms with E-state index in [0.29, 0.717) is 6.92 Å². The number of methoxy groups -OCH3 is 2. The van der Waals surface area contributed by atoms with Gasteiger partial charge in [0.25, 0.3) is 0 Å². The first-order valence-corrected chi connectivity index (χ1v) is 4.86. The van der Waals surface area contributed by atoms with E-state index >= 15 is 0 Å². The maximum Gasteiger partial charge on any atom is 0.421 e. The van der Waals surface area contributed by atoms with E-state index in [2.05, 4.69) is 0 Å². The number of hydrogen-bond donors (Lipinski definition) is 1. The number of alkyl halides is 3. The number of halogens is 4. The molecule has 1 rings (SSSR count). The number of ether oxygens (including phenoxy) is 2. The van der Waals surface area contributed by atoms with E-state index in [9.17, 15) is 22.7 Å². The maximum atomic E-state index is 13.6. The fourth-order valence-corrected chi connectivity index (χ4v) is 1.38. The van der Waals surface area contributed by atoms with Crippen molar-refractivity contribution >= 4 is 0 Å². The molecule has 0 spiro atoms. The number of aliphatic hydroxyl groups is 1. The molecule has 3 nitrogen and oxygen atoms in total. The molecule has 0 aliphatic rings. The van der Waals surface area contributed by atoms with Gasteiger partial charge in [-0.2, -0.15) is 13.2 Å². The Hall–Kier alpha value is -1.50. The van der Waals surface area contributed by atoms with Crippen LogP contribution in [0.4, 0.5) is 17.6 Å². The van der Waals surface area contributed by atoms with Gasteiger partial charge in [-0.3, -0.25) is 0 Å². The van der Waals surface area contributed by atoms with Gasteiger partial charge >= 0.3 is 6.18 Å². The molecule has 0 aromatic heterocycles. The van der Waals surface area contributed by atoms with Crippen LogP contribution in [0.15, 0.2) is 12.1 Å². The average Bonchev–Trinajstić information content (AvgIpc) is 2.26. The maximum absolute atomic E-state index is 13.6. The van der Waals surface area contributed by atoms with Crippen molar-refractivity contribution in [3.05, 3.63) is 23.5 Å². The summed E-state index contributed by atoms with van der Waals surface area (Å²) < 4.78 is 61.0. The minimum Gasteiger partial charge on any atom is -0.493 e. The second-order valence-corrected chi connectivity index (χ2v) is 3.76. The van der Waals surface area contributed by atoms with Crippen molar-refractivity contribution in [1.29, 1.82) is 0 Å². The minimum absolute atomic E-state index is 0.0586. The molecule has 0 fully saturated rings. The molecule has 102 valence electrons. The first-order valence-electron chi connectivity index (χ1n) is 4.86. The predicted molar refractivity (Wildman–Crippen MR) is 55.1 cm³/mol. The lowest BCUT2D eigenvalue weighted by atomic mass is 9.94. The largest absolute Gasteiger partial charge is 0.493 e. The van der Waals surface area contributed by atoms with E-state index in [1.54, 1.807) is 0 Å². The van der Waals surface area contributed by atoms with Crippen molar-refractivity contribution < 1.29 is 32.1 Å². The van der Waals surface area contributed by atoms with Crippen LogP contribution in [0.25, 0.3) is 0 Å². The highest BCUT2D eigenvalue weighted by Crippen LogP contribution is 2.42. The van der Waals surface area contributed by atoms with E-state index in [-0.39, 0.29) is 11.5 Å². The number of rotatable bonds is 3. The Morgan fingerprint density at radius 2 is 1.50 bits per heavy atom. The van der Waals surface area contributed by atoms with Crippen molar-refractivity contribution in [2.45, 2.75) is 18.7 Å². The molecule has 1 unspecified atom stereocenters. The molecule has 0 bridgehead atoms. The molecule has 0 aliphatic heterocycles. The lowest BCUT2D eigenvalue weighted by molar-refractivity contribution is -0.259. The third-order valence-corrected chi connectivity index (χ3v) is 2.55. The van der Waals surface area contributed by atoms with Crippen molar-refractivity contribution in [2.75, 3.05) is 14.2 Å². The van der Waals surface area contributed by atoms with Gasteiger partial charge in [-0.25, -0.2) is 4.39 Å². The van der Waals surface area contributed by atoms with Gasteiger partial charge in [0.15, 0.2) is 17.1 Å². The average molecular weight is 268 g/mol. The summed E-state index contributed by atoms with van der Waals surface area (Å²) in [5.74, 6) is -1.38. The molecular formula is C11H12F4O3. The summed E-state index contributed by atoms with van der Waals surface area (Å²) in [7, 11) is 2.42. The zero-order chi connectivity index (χ0) is 14.1. The molecule has 0 saturated carbocycles. The van der Waals surface area contributed by atoms with Crippen molar-refractivity contribution in [1.82, 2.24) is 0 Å². The molecule has 1 N–H and O–H groups in total. The van der Waals surface area contributed by atoms with E-state index in [4.69, 9.17) is 9.47 Å². The quantitative estimate of drug-likeness (QED) is 0.856. The Morgan fingerprint density at radius 1 is 1.06 bits per heavy atom. The monoisotopic (exact) mass is 268 g/mol. The highest BCUT2D eigenvalue weighted by molar-refractivity contribution is 5.45. The zero-order valence-corrected chi connectivity index (χ0v) is 9.93. The van der Waals surface area contributed by atoms with Gasteiger partial charge in [-0.05, 0) is 13.0 Å². The Balaban J connectivity index is 3.43. The third kappa shape index (κ3) is 2.35. The van der Waals surface area contributed by atoms with Crippen LogP contribution < -0.4 is 9.47 Å². The first-order chi connectivity index (χ1) is 8.15. The molecule has 7 heteroatoms. The Labute approximate surface area is 101 Å². The van der Waals surface area contributed by atoms with E-state index in [1.165, 1.54) is 14.2 Å². The van der Waals surface area contributed by atoms with Crippen LogP contribution in [0, 0.1) is 5.82 Å². The van der Waals surface area contributed by atoms with E-state index in [1.807, 2.05) is 0 Å². The lowest BCUT2D eigenvalue weighted by Crippen LogP contribution is -2.40. The smallest absolute Gasteiger partial charge is 0.421 e. The fraction of sp³-hybridized carbons (Fsp3) is 0.455. The Kier molecular flexibility index (Phi) is 3.75. The van der Waals surface area contributed by atoms with Crippen LogP contribution in [0.2, 0.25) is 0 Å². The number of hydrogen-bond acceptors (Lipinski definition) is 3. The zero-order valence-electron chi connectivity index (χ0n) is 9.93. The molecule has 0 amide bonds. The van der Waals surface area contributed by atoms with Gasteiger partial charge in [0.1, 0.15) is 5.82 Å². The minimum atomic E-state index is -5.01. The van der Waals surface area contributed by atoms with Crippen LogP contribution in [0.1, 0.15) is 12.5 Å². The van der Waals surface area contributed by atoms with Crippen molar-refractivity contribution in [3.8, 4) is 11.5 Å². The molecule has 1 aromatic carbocycles. The SMILES string of the molecule is COc1cc(F)c(C(C)(O)C(F)(F)F)cc1OC. The van der Waals surface area contributed by atoms with Crippen LogP contribution in [-0.4, -0.2) is 25.5 Å². The van der Waals surface area contributed by atoms with Gasteiger partial charge in [0.05, 0.1) is 14.2 Å². The lowest BCUT2D eigenvalue weighted by Gasteiger charge is -2.27. The highest BCUT2D eigenvalue weighted by atomic mass is 19.4. The standard InChI is InChI=1S/C11H12F4O3/c1-10(16,11(13,14)15)6-4-8(17-2)9(18-3)5-7(6)12/h4-5,16H,1-3H3. The van der Waals surface area contributed by atoms with Crippen molar-refractivity contribution in [3.63, 3.8) is 0 Å². The van der Waals surface area contributed by atoms with Crippen LogP contribution in [-0.2, 0) is 5.60 Å². The number of benzene rings is 1. The van der Waals surface area contributed by atoms with Gasteiger partial charge in [-0.1, -0.05) is 0 Å². The molecule has 1 atom stereocenters. The second-order valence-electron chi connectivity index (χ2n) is 3.76. The topological polar surface area (TPSA) is 38.7 Å². The van der Waals surface area contributed by atoms with Gasteiger partial charge in [0, 0.05) is 11.6 Å². The summed E-state index contributed by atoms with van der Waals surface area (Å²) in [5.41, 5.74) is -4.23. The van der Waals surface area contributed by atoms with Crippen LogP contribution in [0.5, 0.6) is 11.5 Å².